The minimum atomic E-state index is 0.289. The van der Waals surface area contributed by atoms with Crippen molar-refractivity contribution < 1.29 is 0 Å². The summed E-state index contributed by atoms with van der Waals surface area (Å²) in [6.45, 7) is 6.64. The zero-order valence-electron chi connectivity index (χ0n) is 9.63. The Kier molecular flexibility index (Phi) is 2.85. The predicted molar refractivity (Wildman–Crippen MR) is 60.2 cm³/mol. The number of likely N-dealkylation sites (N-methyl/N-ethyl adjacent to an activating group) is 1. The molecule has 14 heavy (non-hydrogen) atoms. The Bertz CT molecular complexity index is 196. The van der Waals surface area contributed by atoms with E-state index in [0.717, 1.165) is 18.5 Å². The lowest BCUT2D eigenvalue weighted by molar-refractivity contribution is 0.0932. The van der Waals surface area contributed by atoms with Crippen molar-refractivity contribution in [3.63, 3.8) is 0 Å². The summed E-state index contributed by atoms with van der Waals surface area (Å²) in [5.41, 5.74) is 6.27. The van der Waals surface area contributed by atoms with Crippen molar-refractivity contribution in [2.24, 2.45) is 11.7 Å². The van der Waals surface area contributed by atoms with E-state index in [0.29, 0.717) is 0 Å². The molecular weight excluding hydrogens is 172 g/mol. The standard InChI is InChI=1S/C12H24N2/c1-3-14(11-6-7-11)12(2,9-13)8-10-4-5-10/h10-11H,3-9,13H2,1-2H3. The van der Waals surface area contributed by atoms with Crippen LogP contribution < -0.4 is 5.73 Å². The van der Waals surface area contributed by atoms with Gasteiger partial charge in [0.15, 0.2) is 0 Å². The SMILES string of the molecule is CCN(C1CC1)C(C)(CN)CC1CC1. The van der Waals surface area contributed by atoms with Crippen LogP contribution >= 0.6 is 0 Å². The fourth-order valence-electron chi connectivity index (χ4n) is 2.73. The molecule has 2 rings (SSSR count). The monoisotopic (exact) mass is 196 g/mol. The second-order valence-corrected chi connectivity index (χ2v) is 5.37. The molecule has 0 bridgehead atoms. The van der Waals surface area contributed by atoms with Crippen LogP contribution in [0.15, 0.2) is 0 Å². The van der Waals surface area contributed by atoms with Crippen molar-refractivity contribution in [2.45, 2.75) is 57.5 Å². The van der Waals surface area contributed by atoms with Crippen LogP contribution in [0.3, 0.4) is 0 Å². The number of hydrogen-bond donors (Lipinski definition) is 1. The molecular formula is C12H24N2. The minimum Gasteiger partial charge on any atom is -0.329 e. The topological polar surface area (TPSA) is 29.3 Å². The number of nitrogens with two attached hydrogens (primary N) is 1. The first-order chi connectivity index (χ1) is 6.69. The van der Waals surface area contributed by atoms with Crippen LogP contribution in [0.5, 0.6) is 0 Å². The van der Waals surface area contributed by atoms with Crippen molar-refractivity contribution in [1.82, 2.24) is 4.90 Å². The molecule has 1 atom stereocenters. The number of nitrogens with zero attached hydrogens (tertiary/aromatic N) is 1. The number of hydrogen-bond acceptors (Lipinski definition) is 2. The molecule has 2 nitrogen and oxygen atoms in total. The predicted octanol–water partition coefficient (Wildman–Crippen LogP) is 1.99. The lowest BCUT2D eigenvalue weighted by atomic mass is 9.92. The van der Waals surface area contributed by atoms with E-state index in [1.54, 1.807) is 0 Å². The highest BCUT2D eigenvalue weighted by Gasteiger charge is 2.42. The van der Waals surface area contributed by atoms with E-state index in [1.807, 2.05) is 0 Å². The second kappa shape index (κ2) is 3.82. The Morgan fingerprint density at radius 2 is 1.93 bits per heavy atom. The van der Waals surface area contributed by atoms with Gasteiger partial charge in [0.1, 0.15) is 0 Å². The molecule has 0 aromatic carbocycles. The van der Waals surface area contributed by atoms with Crippen LogP contribution in [0.25, 0.3) is 0 Å². The van der Waals surface area contributed by atoms with Gasteiger partial charge >= 0.3 is 0 Å². The Balaban J connectivity index is 1.98. The summed E-state index contributed by atoms with van der Waals surface area (Å²) in [7, 11) is 0. The van der Waals surface area contributed by atoms with Gasteiger partial charge in [-0.3, -0.25) is 4.90 Å². The van der Waals surface area contributed by atoms with Gasteiger partial charge in [-0.25, -0.2) is 0 Å². The van der Waals surface area contributed by atoms with Gasteiger partial charge in [0.2, 0.25) is 0 Å². The van der Waals surface area contributed by atoms with E-state index < -0.39 is 0 Å². The van der Waals surface area contributed by atoms with Crippen molar-refractivity contribution in [2.75, 3.05) is 13.1 Å². The van der Waals surface area contributed by atoms with Gasteiger partial charge in [0.25, 0.3) is 0 Å². The average Bonchev–Trinajstić information content (AvgIpc) is 2.98. The molecule has 2 fully saturated rings. The Labute approximate surface area is 87.8 Å². The van der Waals surface area contributed by atoms with Crippen molar-refractivity contribution >= 4 is 0 Å². The highest BCUT2D eigenvalue weighted by atomic mass is 15.2. The molecule has 2 saturated carbocycles. The molecule has 2 aliphatic carbocycles. The normalized spacial score (nSPS) is 26.6. The van der Waals surface area contributed by atoms with Crippen molar-refractivity contribution in [1.29, 1.82) is 0 Å². The second-order valence-electron chi connectivity index (χ2n) is 5.37. The van der Waals surface area contributed by atoms with Crippen LogP contribution in [0.2, 0.25) is 0 Å². The molecule has 0 aliphatic heterocycles. The zero-order valence-corrected chi connectivity index (χ0v) is 9.63. The fraction of sp³-hybridized carbons (Fsp3) is 1.00. The minimum absolute atomic E-state index is 0.289. The lowest BCUT2D eigenvalue weighted by Gasteiger charge is -2.40. The van der Waals surface area contributed by atoms with Gasteiger partial charge in [0, 0.05) is 18.1 Å². The quantitative estimate of drug-likeness (QED) is 0.704. The van der Waals surface area contributed by atoms with Crippen LogP contribution in [-0.4, -0.2) is 29.6 Å². The van der Waals surface area contributed by atoms with Crippen LogP contribution in [0.4, 0.5) is 0 Å². The smallest absolute Gasteiger partial charge is 0.0309 e. The average molecular weight is 196 g/mol. The number of rotatable bonds is 6. The highest BCUT2D eigenvalue weighted by Crippen LogP contribution is 2.41. The molecule has 0 saturated heterocycles. The molecule has 82 valence electrons. The first-order valence-corrected chi connectivity index (χ1v) is 6.16. The molecule has 0 amide bonds. The summed E-state index contributed by atoms with van der Waals surface area (Å²) in [6, 6.07) is 0.854. The van der Waals surface area contributed by atoms with E-state index >= 15 is 0 Å². The molecule has 2 heteroatoms. The summed E-state index contributed by atoms with van der Waals surface area (Å²) >= 11 is 0. The summed E-state index contributed by atoms with van der Waals surface area (Å²) < 4.78 is 0. The molecule has 0 radical (unpaired) electrons. The largest absolute Gasteiger partial charge is 0.329 e. The molecule has 1 unspecified atom stereocenters. The van der Waals surface area contributed by atoms with E-state index in [2.05, 4.69) is 18.7 Å². The molecule has 0 heterocycles. The summed E-state index contributed by atoms with van der Waals surface area (Å²) in [5, 5.41) is 0. The lowest BCUT2D eigenvalue weighted by Crippen LogP contribution is -2.53. The Morgan fingerprint density at radius 3 is 2.29 bits per heavy atom. The van der Waals surface area contributed by atoms with Crippen LogP contribution in [0.1, 0.15) is 46.0 Å². The van der Waals surface area contributed by atoms with Crippen LogP contribution in [0, 0.1) is 5.92 Å². The summed E-state index contributed by atoms with van der Waals surface area (Å²) in [5.74, 6) is 0.983. The van der Waals surface area contributed by atoms with Gasteiger partial charge < -0.3 is 5.73 Å². The van der Waals surface area contributed by atoms with E-state index in [4.69, 9.17) is 5.73 Å². The van der Waals surface area contributed by atoms with Crippen LogP contribution in [-0.2, 0) is 0 Å². The Hall–Kier alpha value is -0.0800. The van der Waals surface area contributed by atoms with E-state index in [1.165, 1.54) is 38.6 Å². The first-order valence-electron chi connectivity index (χ1n) is 6.16. The van der Waals surface area contributed by atoms with Gasteiger partial charge in [-0.05, 0) is 38.6 Å². The fourth-order valence-corrected chi connectivity index (χ4v) is 2.73. The molecule has 0 spiro atoms. The van der Waals surface area contributed by atoms with Gasteiger partial charge in [-0.1, -0.05) is 19.8 Å². The van der Waals surface area contributed by atoms with E-state index in [-0.39, 0.29) is 5.54 Å². The third-order valence-electron chi connectivity index (χ3n) is 3.89. The third-order valence-corrected chi connectivity index (χ3v) is 3.89. The van der Waals surface area contributed by atoms with E-state index in [9.17, 15) is 0 Å². The van der Waals surface area contributed by atoms with Crippen molar-refractivity contribution in [3.8, 4) is 0 Å². The van der Waals surface area contributed by atoms with Gasteiger partial charge in [-0.15, -0.1) is 0 Å². The highest BCUT2D eigenvalue weighted by molar-refractivity contribution is 4.98. The summed E-state index contributed by atoms with van der Waals surface area (Å²) in [6.07, 6.45) is 7.01. The summed E-state index contributed by atoms with van der Waals surface area (Å²) in [4.78, 5) is 2.66. The zero-order chi connectivity index (χ0) is 10.2. The first kappa shape index (κ1) is 10.4. The van der Waals surface area contributed by atoms with Crippen molar-refractivity contribution in [3.05, 3.63) is 0 Å². The Morgan fingerprint density at radius 1 is 1.29 bits per heavy atom. The molecule has 0 aromatic rings. The molecule has 2 N–H and O–H groups in total. The maximum Gasteiger partial charge on any atom is 0.0309 e. The molecule has 0 aromatic heterocycles. The molecule has 2 aliphatic rings. The van der Waals surface area contributed by atoms with Gasteiger partial charge in [0.05, 0.1) is 0 Å². The maximum absolute atomic E-state index is 5.98. The van der Waals surface area contributed by atoms with Gasteiger partial charge in [-0.2, -0.15) is 0 Å². The third kappa shape index (κ3) is 2.12. The maximum atomic E-state index is 5.98.